The maximum absolute atomic E-state index is 12.0. The molecule has 0 aliphatic heterocycles. The van der Waals surface area contributed by atoms with Crippen LogP contribution in [0.3, 0.4) is 0 Å². The molecule has 0 aromatic heterocycles. The van der Waals surface area contributed by atoms with Crippen molar-refractivity contribution in [3.8, 4) is 0 Å². The summed E-state index contributed by atoms with van der Waals surface area (Å²) in [6.07, 6.45) is 0. The molecule has 1 aromatic rings. The van der Waals surface area contributed by atoms with E-state index in [1.54, 1.807) is 32.2 Å². The molecule has 0 unspecified atom stereocenters. The fourth-order valence-corrected chi connectivity index (χ4v) is 1.65. The van der Waals surface area contributed by atoms with Gasteiger partial charge < -0.3 is 9.64 Å². The van der Waals surface area contributed by atoms with Gasteiger partial charge in [-0.05, 0) is 24.6 Å². The van der Waals surface area contributed by atoms with Crippen molar-refractivity contribution in [3.05, 3.63) is 35.4 Å². The molecule has 0 saturated carbocycles. The average molecular weight is 270 g/mol. The third-order valence-corrected chi connectivity index (χ3v) is 2.66. The van der Waals surface area contributed by atoms with Crippen LogP contribution in [0.1, 0.15) is 22.8 Å². The average Bonchev–Trinajstić information content (AvgIpc) is 2.38. The normalized spacial score (nSPS) is 9.94. The minimum absolute atomic E-state index is 0.0578. The molecule has 1 rings (SSSR count). The first-order chi connectivity index (χ1) is 8.58. The Hall–Kier alpha value is -1.55. The first kappa shape index (κ1) is 14.5. The monoisotopic (exact) mass is 269 g/mol. The molecule has 0 aliphatic rings. The number of rotatable bonds is 5. The van der Waals surface area contributed by atoms with Crippen molar-refractivity contribution in [2.24, 2.45) is 0 Å². The van der Waals surface area contributed by atoms with Gasteiger partial charge in [0.1, 0.15) is 6.54 Å². The first-order valence-electron chi connectivity index (χ1n) is 5.64. The zero-order valence-corrected chi connectivity index (χ0v) is 11.2. The molecule has 0 aliphatic carbocycles. The van der Waals surface area contributed by atoms with Crippen molar-refractivity contribution in [1.82, 2.24) is 4.90 Å². The van der Waals surface area contributed by atoms with Crippen LogP contribution in [-0.4, -0.2) is 37.0 Å². The van der Waals surface area contributed by atoms with E-state index in [0.29, 0.717) is 18.1 Å². The van der Waals surface area contributed by atoms with E-state index in [1.165, 1.54) is 4.90 Å². The van der Waals surface area contributed by atoms with E-state index in [9.17, 15) is 9.59 Å². The maximum atomic E-state index is 12.0. The van der Waals surface area contributed by atoms with Crippen molar-refractivity contribution in [2.45, 2.75) is 12.8 Å². The summed E-state index contributed by atoms with van der Waals surface area (Å²) < 4.78 is 4.79. The van der Waals surface area contributed by atoms with Gasteiger partial charge in [-0.2, -0.15) is 0 Å². The molecular weight excluding hydrogens is 254 g/mol. The van der Waals surface area contributed by atoms with Gasteiger partial charge in [0, 0.05) is 18.5 Å². The van der Waals surface area contributed by atoms with E-state index in [1.807, 2.05) is 6.07 Å². The van der Waals surface area contributed by atoms with Crippen LogP contribution in [0.5, 0.6) is 0 Å². The van der Waals surface area contributed by atoms with Crippen LogP contribution >= 0.6 is 11.6 Å². The largest absolute Gasteiger partial charge is 0.465 e. The van der Waals surface area contributed by atoms with Gasteiger partial charge >= 0.3 is 5.97 Å². The van der Waals surface area contributed by atoms with Crippen molar-refractivity contribution >= 4 is 23.5 Å². The third kappa shape index (κ3) is 4.04. The zero-order chi connectivity index (χ0) is 13.5. The van der Waals surface area contributed by atoms with Crippen LogP contribution in [0, 0.1) is 0 Å². The Labute approximate surface area is 111 Å². The van der Waals surface area contributed by atoms with Gasteiger partial charge in [-0.15, -0.1) is 11.6 Å². The number of nitrogens with zero attached hydrogens (tertiary/aromatic N) is 1. The summed E-state index contributed by atoms with van der Waals surface area (Å²) in [7, 11) is 1.56. The van der Waals surface area contributed by atoms with E-state index in [-0.39, 0.29) is 12.5 Å². The number of hydrogen-bond acceptors (Lipinski definition) is 3. The molecule has 98 valence electrons. The van der Waals surface area contributed by atoms with Crippen LogP contribution in [0.25, 0.3) is 0 Å². The number of alkyl halides is 1. The fourth-order valence-electron chi connectivity index (χ4n) is 1.48. The summed E-state index contributed by atoms with van der Waals surface area (Å²) in [6, 6.07) is 7.02. The number of amides is 1. The SMILES string of the molecule is CCOC(=O)CN(C)C(=O)c1cccc(CCl)c1. The molecule has 0 atom stereocenters. The van der Waals surface area contributed by atoms with Crippen molar-refractivity contribution in [3.63, 3.8) is 0 Å². The highest BCUT2D eigenvalue weighted by molar-refractivity contribution is 6.17. The van der Waals surface area contributed by atoms with Crippen LogP contribution < -0.4 is 0 Å². The van der Waals surface area contributed by atoms with Gasteiger partial charge in [-0.25, -0.2) is 0 Å². The molecule has 0 saturated heterocycles. The van der Waals surface area contributed by atoms with Crippen molar-refractivity contribution in [1.29, 1.82) is 0 Å². The molecular formula is C13H16ClNO3. The number of hydrogen-bond donors (Lipinski definition) is 0. The minimum atomic E-state index is -0.415. The topological polar surface area (TPSA) is 46.6 Å². The van der Waals surface area contributed by atoms with Gasteiger partial charge in [0.15, 0.2) is 0 Å². The molecule has 0 spiro atoms. The molecule has 0 fully saturated rings. The Kier molecular flexibility index (Phi) is 5.65. The second-order valence-electron chi connectivity index (χ2n) is 3.80. The lowest BCUT2D eigenvalue weighted by molar-refractivity contribution is -0.143. The fraction of sp³-hybridized carbons (Fsp3) is 0.385. The number of carbonyl (C=O) groups is 2. The standard InChI is InChI=1S/C13H16ClNO3/c1-3-18-12(16)9-15(2)13(17)11-6-4-5-10(7-11)8-14/h4-7H,3,8-9H2,1-2H3. The molecule has 0 radical (unpaired) electrons. The van der Waals surface area contributed by atoms with E-state index in [0.717, 1.165) is 5.56 Å². The summed E-state index contributed by atoms with van der Waals surface area (Å²) >= 11 is 5.71. The number of benzene rings is 1. The highest BCUT2D eigenvalue weighted by atomic mass is 35.5. The summed E-state index contributed by atoms with van der Waals surface area (Å²) in [5.41, 5.74) is 1.38. The Morgan fingerprint density at radius 3 is 2.72 bits per heavy atom. The second kappa shape index (κ2) is 7.01. The lowest BCUT2D eigenvalue weighted by atomic mass is 10.1. The summed E-state index contributed by atoms with van der Waals surface area (Å²) in [5, 5.41) is 0. The van der Waals surface area contributed by atoms with Crippen molar-refractivity contribution in [2.75, 3.05) is 20.2 Å². The lowest BCUT2D eigenvalue weighted by Gasteiger charge is -2.16. The van der Waals surface area contributed by atoms with Gasteiger partial charge in [-0.3, -0.25) is 9.59 Å². The summed E-state index contributed by atoms with van der Waals surface area (Å²) in [5.74, 6) is -0.292. The predicted octanol–water partition coefficient (Wildman–Crippen LogP) is 2.06. The Morgan fingerprint density at radius 1 is 1.39 bits per heavy atom. The van der Waals surface area contributed by atoms with Gasteiger partial charge in [0.2, 0.25) is 0 Å². The van der Waals surface area contributed by atoms with Crippen LogP contribution in [0.4, 0.5) is 0 Å². The number of carbonyl (C=O) groups excluding carboxylic acids is 2. The van der Waals surface area contributed by atoms with Crippen LogP contribution in [0.2, 0.25) is 0 Å². The molecule has 0 heterocycles. The molecule has 1 amide bonds. The lowest BCUT2D eigenvalue weighted by Crippen LogP contribution is -2.33. The van der Waals surface area contributed by atoms with Crippen molar-refractivity contribution < 1.29 is 14.3 Å². The van der Waals surface area contributed by atoms with Gasteiger partial charge in [0.05, 0.1) is 6.61 Å². The van der Waals surface area contributed by atoms with E-state index < -0.39 is 5.97 Å². The zero-order valence-electron chi connectivity index (χ0n) is 10.5. The number of esters is 1. The Balaban J connectivity index is 2.70. The second-order valence-corrected chi connectivity index (χ2v) is 4.07. The summed E-state index contributed by atoms with van der Waals surface area (Å²) in [6.45, 7) is 1.98. The molecule has 4 nitrogen and oxygen atoms in total. The Bertz CT molecular complexity index is 434. The highest BCUT2D eigenvalue weighted by Gasteiger charge is 2.15. The Morgan fingerprint density at radius 2 is 2.11 bits per heavy atom. The summed E-state index contributed by atoms with van der Waals surface area (Å²) in [4.78, 5) is 24.6. The molecule has 5 heteroatoms. The van der Waals surface area contributed by atoms with Crippen LogP contribution in [-0.2, 0) is 15.4 Å². The molecule has 0 bridgehead atoms. The van der Waals surface area contributed by atoms with E-state index >= 15 is 0 Å². The first-order valence-corrected chi connectivity index (χ1v) is 6.18. The highest BCUT2D eigenvalue weighted by Crippen LogP contribution is 2.09. The quantitative estimate of drug-likeness (QED) is 0.607. The smallest absolute Gasteiger partial charge is 0.325 e. The van der Waals surface area contributed by atoms with Gasteiger partial charge in [0.25, 0.3) is 5.91 Å². The maximum Gasteiger partial charge on any atom is 0.325 e. The molecule has 0 N–H and O–H groups in total. The number of ether oxygens (including phenoxy) is 1. The minimum Gasteiger partial charge on any atom is -0.465 e. The third-order valence-electron chi connectivity index (χ3n) is 2.35. The molecule has 1 aromatic carbocycles. The van der Waals surface area contributed by atoms with Crippen LogP contribution in [0.15, 0.2) is 24.3 Å². The van der Waals surface area contributed by atoms with Gasteiger partial charge in [-0.1, -0.05) is 12.1 Å². The number of likely N-dealkylation sites (N-methyl/N-ethyl adjacent to an activating group) is 1. The molecule has 18 heavy (non-hydrogen) atoms. The van der Waals surface area contributed by atoms with E-state index in [2.05, 4.69) is 0 Å². The predicted molar refractivity (Wildman–Crippen MR) is 69.6 cm³/mol. The van der Waals surface area contributed by atoms with E-state index in [4.69, 9.17) is 16.3 Å². The number of halogens is 1.